The monoisotopic (exact) mass is 393 g/mol. The van der Waals surface area contributed by atoms with Gasteiger partial charge in [0.15, 0.2) is 11.6 Å². The summed E-state index contributed by atoms with van der Waals surface area (Å²) in [6.07, 6.45) is 1.73. The topological polar surface area (TPSA) is 68.6 Å². The van der Waals surface area contributed by atoms with Crippen molar-refractivity contribution in [2.75, 3.05) is 13.7 Å². The Labute approximate surface area is 163 Å². The summed E-state index contributed by atoms with van der Waals surface area (Å²) in [5.41, 5.74) is 5.50. The van der Waals surface area contributed by atoms with E-state index in [0.29, 0.717) is 24.5 Å². The number of H-pyrrole nitrogens is 1. The van der Waals surface area contributed by atoms with Crippen LogP contribution >= 0.6 is 11.3 Å². The summed E-state index contributed by atoms with van der Waals surface area (Å²) in [6, 6.07) is 11.0. The lowest BCUT2D eigenvalue weighted by atomic mass is 10.2. The minimum absolute atomic E-state index is 0.341. The zero-order chi connectivity index (χ0) is 19.1. The molecule has 0 saturated carbocycles. The molecule has 6 nitrogen and oxygen atoms in total. The lowest BCUT2D eigenvalue weighted by Gasteiger charge is -2.07. The average Bonchev–Trinajstić information content (AvgIpc) is 3.43. The molecule has 0 saturated heterocycles. The van der Waals surface area contributed by atoms with Gasteiger partial charge in [-0.2, -0.15) is 0 Å². The predicted molar refractivity (Wildman–Crippen MR) is 108 cm³/mol. The Hall–Kier alpha value is -3.10. The molecular weight excluding hydrogens is 377 g/mol. The minimum atomic E-state index is -0.344. The van der Waals surface area contributed by atoms with Crippen molar-refractivity contribution in [3.63, 3.8) is 0 Å². The summed E-state index contributed by atoms with van der Waals surface area (Å²) < 4.78 is 22.6. The van der Waals surface area contributed by atoms with E-state index in [1.807, 2.05) is 34.3 Å². The van der Waals surface area contributed by atoms with Crippen molar-refractivity contribution >= 4 is 32.6 Å². The molecule has 0 aliphatic rings. The normalized spacial score (nSPS) is 11.6. The van der Waals surface area contributed by atoms with Crippen LogP contribution in [-0.4, -0.2) is 38.2 Å². The number of benzene rings is 2. The van der Waals surface area contributed by atoms with Crippen molar-refractivity contribution in [3.05, 3.63) is 53.9 Å². The second-order valence-corrected chi connectivity index (χ2v) is 7.25. The number of thiazole rings is 1. The summed E-state index contributed by atoms with van der Waals surface area (Å²) >= 11 is 1.60. The van der Waals surface area contributed by atoms with Crippen LogP contribution in [-0.2, 0) is 11.3 Å². The minimum Gasteiger partial charge on any atom is -0.383 e. The standard InChI is InChI=1S/C20H16FN5OS/c1-27-8-7-26-16-4-2-3-13(21)18(16)25-20(26)15-10-22-19(24-15)12-5-6-17-14(9-12)23-11-28-17/h2-6,9-11H,7-8H2,1H3,(H,22,24). The molecule has 2 aromatic carbocycles. The molecule has 0 amide bonds. The number of imidazole rings is 2. The summed E-state index contributed by atoms with van der Waals surface area (Å²) in [6.45, 7) is 1.06. The van der Waals surface area contributed by atoms with Crippen LogP contribution in [0.15, 0.2) is 48.1 Å². The van der Waals surface area contributed by atoms with Gasteiger partial charge < -0.3 is 14.3 Å². The Balaban J connectivity index is 1.61. The van der Waals surface area contributed by atoms with Crippen molar-refractivity contribution in [1.29, 1.82) is 0 Å². The van der Waals surface area contributed by atoms with Gasteiger partial charge in [0.1, 0.15) is 17.0 Å². The van der Waals surface area contributed by atoms with E-state index in [2.05, 4.69) is 19.9 Å². The molecule has 1 N–H and O–H groups in total. The Bertz CT molecular complexity index is 1290. The summed E-state index contributed by atoms with van der Waals surface area (Å²) in [5, 5.41) is 0. The molecule has 0 unspecified atom stereocenters. The molecule has 5 aromatic rings. The molecule has 0 atom stereocenters. The third-order valence-corrected chi connectivity index (χ3v) is 5.48. The Morgan fingerprint density at radius 2 is 2.14 bits per heavy atom. The first-order valence-corrected chi connectivity index (χ1v) is 9.65. The molecule has 3 aromatic heterocycles. The molecule has 3 heterocycles. The summed E-state index contributed by atoms with van der Waals surface area (Å²) in [5.74, 6) is 1.00. The predicted octanol–water partition coefficient (Wildman–Crippen LogP) is 4.49. The highest BCUT2D eigenvalue weighted by atomic mass is 32.1. The molecule has 5 rings (SSSR count). The van der Waals surface area contributed by atoms with Gasteiger partial charge in [-0.25, -0.2) is 19.3 Å². The number of hydrogen-bond acceptors (Lipinski definition) is 5. The first-order chi connectivity index (χ1) is 13.7. The first kappa shape index (κ1) is 17.0. The maximum absolute atomic E-state index is 14.3. The van der Waals surface area contributed by atoms with E-state index < -0.39 is 0 Å². The van der Waals surface area contributed by atoms with Gasteiger partial charge in [-0.3, -0.25) is 0 Å². The molecule has 0 aliphatic heterocycles. The number of aromatic nitrogens is 5. The third-order valence-electron chi connectivity index (χ3n) is 4.67. The quantitative estimate of drug-likeness (QED) is 0.478. The second-order valence-electron chi connectivity index (χ2n) is 6.37. The highest BCUT2D eigenvalue weighted by Crippen LogP contribution is 2.28. The Morgan fingerprint density at radius 3 is 3.04 bits per heavy atom. The van der Waals surface area contributed by atoms with E-state index in [1.165, 1.54) is 6.07 Å². The molecule has 0 aliphatic carbocycles. The van der Waals surface area contributed by atoms with Gasteiger partial charge in [0.25, 0.3) is 0 Å². The lowest BCUT2D eigenvalue weighted by molar-refractivity contribution is 0.188. The number of methoxy groups -OCH3 is 1. The van der Waals surface area contributed by atoms with Crippen molar-refractivity contribution < 1.29 is 9.13 Å². The van der Waals surface area contributed by atoms with Crippen LogP contribution in [0.5, 0.6) is 0 Å². The maximum atomic E-state index is 14.3. The second kappa shape index (κ2) is 6.81. The molecule has 0 radical (unpaired) electrons. The third kappa shape index (κ3) is 2.78. The van der Waals surface area contributed by atoms with E-state index in [4.69, 9.17) is 4.74 Å². The van der Waals surface area contributed by atoms with Crippen molar-refractivity contribution in [2.45, 2.75) is 6.54 Å². The summed E-state index contributed by atoms with van der Waals surface area (Å²) in [7, 11) is 1.64. The summed E-state index contributed by atoms with van der Waals surface area (Å²) in [4.78, 5) is 16.7. The number of halogens is 1. The molecular formula is C20H16FN5OS. The highest BCUT2D eigenvalue weighted by molar-refractivity contribution is 7.16. The largest absolute Gasteiger partial charge is 0.383 e. The number of hydrogen-bond donors (Lipinski definition) is 1. The fourth-order valence-electron chi connectivity index (χ4n) is 3.31. The fraction of sp³-hybridized carbons (Fsp3) is 0.150. The zero-order valence-electron chi connectivity index (χ0n) is 15.0. The number of nitrogens with one attached hydrogen (secondary N) is 1. The zero-order valence-corrected chi connectivity index (χ0v) is 15.8. The van der Waals surface area contributed by atoms with Gasteiger partial charge in [-0.05, 0) is 30.3 Å². The van der Waals surface area contributed by atoms with Gasteiger partial charge in [-0.1, -0.05) is 6.07 Å². The van der Waals surface area contributed by atoms with Crippen LogP contribution < -0.4 is 0 Å². The number of para-hydroxylation sites is 1. The van der Waals surface area contributed by atoms with E-state index in [0.717, 1.165) is 32.8 Å². The van der Waals surface area contributed by atoms with Crippen molar-refractivity contribution in [2.24, 2.45) is 0 Å². The van der Waals surface area contributed by atoms with Gasteiger partial charge in [0.05, 0.1) is 34.0 Å². The van der Waals surface area contributed by atoms with Crippen LogP contribution in [0.1, 0.15) is 0 Å². The number of aromatic amines is 1. The highest BCUT2D eigenvalue weighted by Gasteiger charge is 2.17. The van der Waals surface area contributed by atoms with Crippen LogP contribution in [0.3, 0.4) is 0 Å². The Kier molecular flexibility index (Phi) is 4.14. The smallest absolute Gasteiger partial charge is 0.159 e. The SMILES string of the molecule is COCCn1c(-c2cnc(-c3ccc4scnc4c3)[nH]2)nc2c(F)cccc21. The lowest BCUT2D eigenvalue weighted by Crippen LogP contribution is -2.06. The van der Waals surface area contributed by atoms with E-state index >= 15 is 0 Å². The van der Waals surface area contributed by atoms with E-state index in [9.17, 15) is 4.39 Å². The van der Waals surface area contributed by atoms with Gasteiger partial charge in [0.2, 0.25) is 0 Å². The maximum Gasteiger partial charge on any atom is 0.159 e. The molecule has 0 fully saturated rings. The van der Waals surface area contributed by atoms with Gasteiger partial charge in [-0.15, -0.1) is 11.3 Å². The van der Waals surface area contributed by atoms with Crippen LogP contribution in [0, 0.1) is 5.82 Å². The van der Waals surface area contributed by atoms with E-state index in [1.54, 1.807) is 30.7 Å². The van der Waals surface area contributed by atoms with Crippen LogP contribution in [0.4, 0.5) is 4.39 Å². The molecule has 140 valence electrons. The number of nitrogens with zero attached hydrogens (tertiary/aromatic N) is 4. The number of fused-ring (bicyclic) bond motifs is 2. The molecule has 0 spiro atoms. The van der Waals surface area contributed by atoms with Crippen molar-refractivity contribution in [1.82, 2.24) is 24.5 Å². The van der Waals surface area contributed by atoms with Crippen molar-refractivity contribution in [3.8, 4) is 22.9 Å². The van der Waals surface area contributed by atoms with Crippen LogP contribution in [0.25, 0.3) is 44.2 Å². The molecule has 28 heavy (non-hydrogen) atoms. The Morgan fingerprint density at radius 1 is 1.21 bits per heavy atom. The molecule has 0 bridgehead atoms. The fourth-order valence-corrected chi connectivity index (χ4v) is 3.97. The van der Waals surface area contributed by atoms with Gasteiger partial charge in [0, 0.05) is 19.2 Å². The van der Waals surface area contributed by atoms with Gasteiger partial charge >= 0.3 is 0 Å². The first-order valence-electron chi connectivity index (χ1n) is 8.77. The van der Waals surface area contributed by atoms with E-state index in [-0.39, 0.29) is 5.82 Å². The van der Waals surface area contributed by atoms with Crippen LogP contribution in [0.2, 0.25) is 0 Å². The number of rotatable bonds is 5. The number of ether oxygens (including phenoxy) is 1. The molecule has 8 heteroatoms. The average molecular weight is 393 g/mol.